The molecule has 1 amide bonds. The van der Waals surface area contributed by atoms with Crippen molar-refractivity contribution in [2.75, 3.05) is 12.4 Å². The average Bonchev–Trinajstić information content (AvgIpc) is 3.11. The smallest absolute Gasteiger partial charge is 0.248 e. The standard InChI is InChI=1S/C20H19N5O2/c1-12-16(18(21)26)17(13-7-4-3-5-8-13)25-20(22-12)23-19(24-25)14-9-6-10-15(11-14)27-2/h3-11,17H,1-2H3,(H2,21,26)(H,22,23,24)/t17-/m0/s1. The van der Waals surface area contributed by atoms with Gasteiger partial charge in [-0.1, -0.05) is 42.5 Å². The van der Waals surface area contributed by atoms with Crippen LogP contribution in [0.3, 0.4) is 0 Å². The summed E-state index contributed by atoms with van der Waals surface area (Å²) in [5.41, 5.74) is 8.56. The van der Waals surface area contributed by atoms with Crippen LogP contribution in [0.4, 0.5) is 5.95 Å². The van der Waals surface area contributed by atoms with E-state index in [-0.39, 0.29) is 0 Å². The van der Waals surface area contributed by atoms with Crippen LogP contribution in [0.5, 0.6) is 5.75 Å². The summed E-state index contributed by atoms with van der Waals surface area (Å²) in [6.45, 7) is 1.82. The predicted octanol–water partition coefficient (Wildman–Crippen LogP) is 2.73. The first-order chi connectivity index (χ1) is 13.1. The van der Waals surface area contributed by atoms with Gasteiger partial charge in [-0.25, -0.2) is 4.68 Å². The largest absolute Gasteiger partial charge is 0.497 e. The van der Waals surface area contributed by atoms with E-state index in [1.165, 1.54) is 0 Å². The summed E-state index contributed by atoms with van der Waals surface area (Å²) in [5.74, 6) is 1.33. The molecule has 0 radical (unpaired) electrons. The number of hydrogen-bond acceptors (Lipinski definition) is 5. The van der Waals surface area contributed by atoms with Crippen molar-refractivity contribution in [3.63, 3.8) is 0 Å². The van der Waals surface area contributed by atoms with Crippen molar-refractivity contribution < 1.29 is 9.53 Å². The molecule has 0 saturated heterocycles. The first kappa shape index (κ1) is 16.8. The SMILES string of the molecule is COc1cccc(-c2nc3n(n2)[C@@H](c2ccccc2)C(C(N)=O)=C(C)N3)c1. The Kier molecular flexibility index (Phi) is 4.12. The number of allylic oxidation sites excluding steroid dienone is 1. The Bertz CT molecular complexity index is 1040. The molecule has 4 rings (SSSR count). The quantitative estimate of drug-likeness (QED) is 0.745. The Morgan fingerprint density at radius 1 is 1.19 bits per heavy atom. The number of rotatable bonds is 4. The van der Waals surface area contributed by atoms with E-state index in [1.807, 2.05) is 61.5 Å². The van der Waals surface area contributed by atoms with Crippen LogP contribution in [0.15, 0.2) is 65.9 Å². The summed E-state index contributed by atoms with van der Waals surface area (Å²) in [6, 6.07) is 16.8. The second-order valence-electron chi connectivity index (χ2n) is 6.28. The van der Waals surface area contributed by atoms with Crippen molar-refractivity contribution in [2.24, 2.45) is 5.73 Å². The fourth-order valence-electron chi connectivity index (χ4n) is 3.30. The Morgan fingerprint density at radius 3 is 2.67 bits per heavy atom. The van der Waals surface area contributed by atoms with E-state index in [4.69, 9.17) is 10.5 Å². The molecule has 0 fully saturated rings. The first-order valence-corrected chi connectivity index (χ1v) is 8.52. The van der Waals surface area contributed by atoms with E-state index in [0.29, 0.717) is 23.0 Å². The molecular formula is C20H19N5O2. The van der Waals surface area contributed by atoms with Gasteiger partial charge in [-0.05, 0) is 24.6 Å². The Labute approximate surface area is 156 Å². The third-order valence-corrected chi connectivity index (χ3v) is 4.56. The molecule has 136 valence electrons. The molecule has 3 aromatic rings. The molecule has 7 nitrogen and oxygen atoms in total. The number of primary amides is 1. The number of benzene rings is 2. The molecule has 0 unspecified atom stereocenters. The van der Waals surface area contributed by atoms with Crippen LogP contribution in [0.1, 0.15) is 18.5 Å². The molecule has 1 atom stereocenters. The third-order valence-electron chi connectivity index (χ3n) is 4.56. The van der Waals surface area contributed by atoms with E-state index in [2.05, 4.69) is 15.4 Å². The van der Waals surface area contributed by atoms with Crippen LogP contribution in [0, 0.1) is 0 Å². The first-order valence-electron chi connectivity index (χ1n) is 8.52. The van der Waals surface area contributed by atoms with Gasteiger partial charge in [0.15, 0.2) is 5.82 Å². The topological polar surface area (TPSA) is 95.1 Å². The maximum Gasteiger partial charge on any atom is 0.248 e. The lowest BCUT2D eigenvalue weighted by Crippen LogP contribution is -2.31. The number of ether oxygens (including phenoxy) is 1. The maximum atomic E-state index is 12.2. The van der Waals surface area contributed by atoms with Crippen LogP contribution in [0.2, 0.25) is 0 Å². The van der Waals surface area contributed by atoms with Crippen molar-refractivity contribution in [3.8, 4) is 17.1 Å². The molecule has 2 heterocycles. The van der Waals surface area contributed by atoms with Crippen LogP contribution >= 0.6 is 0 Å². The van der Waals surface area contributed by atoms with Crippen molar-refractivity contribution in [1.29, 1.82) is 0 Å². The molecule has 3 N–H and O–H groups in total. The molecule has 1 aromatic heterocycles. The third kappa shape index (κ3) is 2.93. The highest BCUT2D eigenvalue weighted by Crippen LogP contribution is 2.36. The number of carbonyl (C=O) groups excluding carboxylic acids is 1. The summed E-state index contributed by atoms with van der Waals surface area (Å²) < 4.78 is 6.99. The molecule has 1 aliphatic rings. The molecule has 27 heavy (non-hydrogen) atoms. The van der Waals surface area contributed by atoms with Crippen molar-refractivity contribution in [3.05, 3.63) is 71.4 Å². The number of amides is 1. The van der Waals surface area contributed by atoms with Crippen LogP contribution in [-0.2, 0) is 4.79 Å². The van der Waals surface area contributed by atoms with Gasteiger partial charge in [0.2, 0.25) is 11.9 Å². The lowest BCUT2D eigenvalue weighted by Gasteiger charge is -2.27. The van der Waals surface area contributed by atoms with Crippen molar-refractivity contribution in [2.45, 2.75) is 13.0 Å². The van der Waals surface area contributed by atoms with E-state index >= 15 is 0 Å². The highest BCUT2D eigenvalue weighted by molar-refractivity contribution is 5.95. The zero-order chi connectivity index (χ0) is 19.0. The minimum atomic E-state index is -0.488. The van der Waals surface area contributed by atoms with Crippen molar-refractivity contribution in [1.82, 2.24) is 14.8 Å². The summed E-state index contributed by atoms with van der Waals surface area (Å²) in [7, 11) is 1.62. The molecule has 0 bridgehead atoms. The minimum Gasteiger partial charge on any atom is -0.497 e. The van der Waals surface area contributed by atoms with E-state index in [9.17, 15) is 4.79 Å². The number of hydrogen-bond donors (Lipinski definition) is 2. The molecular weight excluding hydrogens is 342 g/mol. The molecule has 0 aliphatic carbocycles. The van der Waals surface area contributed by atoms with Gasteiger partial charge >= 0.3 is 0 Å². The van der Waals surface area contributed by atoms with Gasteiger partial charge in [-0.3, -0.25) is 4.79 Å². The van der Waals surface area contributed by atoms with Gasteiger partial charge in [0, 0.05) is 11.3 Å². The summed E-state index contributed by atoms with van der Waals surface area (Å²) in [4.78, 5) is 16.8. The number of carbonyl (C=O) groups is 1. The number of fused-ring (bicyclic) bond motifs is 1. The Balaban J connectivity index is 1.86. The number of anilines is 1. The average molecular weight is 361 g/mol. The number of nitrogens with one attached hydrogen (secondary N) is 1. The zero-order valence-corrected chi connectivity index (χ0v) is 15.0. The highest BCUT2D eigenvalue weighted by atomic mass is 16.5. The second-order valence-corrected chi connectivity index (χ2v) is 6.28. The Hall–Kier alpha value is -3.61. The van der Waals surface area contributed by atoms with Crippen LogP contribution in [-0.4, -0.2) is 27.8 Å². The minimum absolute atomic E-state index is 0.438. The normalized spacial score (nSPS) is 15.9. The van der Waals surface area contributed by atoms with Gasteiger partial charge in [-0.2, -0.15) is 4.98 Å². The van der Waals surface area contributed by atoms with Gasteiger partial charge in [0.1, 0.15) is 11.8 Å². The van der Waals surface area contributed by atoms with Gasteiger partial charge in [0.25, 0.3) is 0 Å². The Morgan fingerprint density at radius 2 is 1.96 bits per heavy atom. The molecule has 0 spiro atoms. The van der Waals surface area contributed by atoms with E-state index in [1.54, 1.807) is 11.8 Å². The lowest BCUT2D eigenvalue weighted by molar-refractivity contribution is -0.115. The van der Waals surface area contributed by atoms with Gasteiger partial charge in [0.05, 0.1) is 12.7 Å². The summed E-state index contributed by atoms with van der Waals surface area (Å²) in [5, 5.41) is 7.81. The second kappa shape index (κ2) is 6.60. The highest BCUT2D eigenvalue weighted by Gasteiger charge is 2.33. The number of methoxy groups -OCH3 is 1. The van der Waals surface area contributed by atoms with Gasteiger partial charge in [-0.15, -0.1) is 5.10 Å². The maximum absolute atomic E-state index is 12.2. The zero-order valence-electron chi connectivity index (χ0n) is 15.0. The summed E-state index contributed by atoms with van der Waals surface area (Å²) >= 11 is 0. The predicted molar refractivity (Wildman–Crippen MR) is 102 cm³/mol. The monoisotopic (exact) mass is 361 g/mol. The summed E-state index contributed by atoms with van der Waals surface area (Å²) in [6.07, 6.45) is 0. The van der Waals surface area contributed by atoms with Crippen LogP contribution < -0.4 is 15.8 Å². The molecule has 7 heteroatoms. The van der Waals surface area contributed by atoms with Gasteiger partial charge < -0.3 is 15.8 Å². The molecule has 2 aromatic carbocycles. The number of aromatic nitrogens is 3. The molecule has 0 saturated carbocycles. The van der Waals surface area contributed by atoms with Crippen LogP contribution in [0.25, 0.3) is 11.4 Å². The van der Waals surface area contributed by atoms with E-state index in [0.717, 1.165) is 16.9 Å². The number of nitrogens with two attached hydrogens (primary N) is 1. The fraction of sp³-hybridized carbons (Fsp3) is 0.150. The fourth-order valence-corrected chi connectivity index (χ4v) is 3.30. The van der Waals surface area contributed by atoms with Crippen molar-refractivity contribution >= 4 is 11.9 Å². The molecule has 1 aliphatic heterocycles. The van der Waals surface area contributed by atoms with E-state index < -0.39 is 11.9 Å². The number of nitrogens with zero attached hydrogens (tertiary/aromatic N) is 3. The lowest BCUT2D eigenvalue weighted by atomic mass is 9.95.